The van der Waals surface area contributed by atoms with Crippen LogP contribution in [0.25, 0.3) is 5.57 Å². The molecule has 1 heterocycles. The number of allylic oxidation sites excluding steroid dienone is 2. The molecule has 1 aromatic heterocycles. The molecule has 144 valence electrons. The van der Waals surface area contributed by atoms with E-state index in [2.05, 4.69) is 50.2 Å². The predicted octanol–water partition coefficient (Wildman–Crippen LogP) is 5.93. The average Bonchev–Trinajstić information content (AvgIpc) is 3.03. The van der Waals surface area contributed by atoms with Gasteiger partial charge in [0.25, 0.3) is 0 Å². The molecule has 2 nitrogen and oxygen atoms in total. The summed E-state index contributed by atoms with van der Waals surface area (Å²) < 4.78 is 0. The van der Waals surface area contributed by atoms with Crippen LogP contribution in [0.3, 0.4) is 0 Å². The Bertz CT molecular complexity index is 783. The lowest BCUT2D eigenvalue weighted by molar-refractivity contribution is -0.146. The van der Waals surface area contributed by atoms with Crippen LogP contribution >= 0.6 is 0 Å². The zero-order valence-electron chi connectivity index (χ0n) is 17.1. The summed E-state index contributed by atoms with van der Waals surface area (Å²) in [7, 11) is 0. The largest absolute Gasteiger partial charge is 0.299 e. The molecule has 0 aromatic carbocycles. The minimum atomic E-state index is 0.283. The molecule has 0 spiro atoms. The van der Waals surface area contributed by atoms with E-state index in [4.69, 9.17) is 0 Å². The number of rotatable bonds is 1. The summed E-state index contributed by atoms with van der Waals surface area (Å²) in [5.74, 6) is 3.85. The third kappa shape index (κ3) is 2.37. The summed E-state index contributed by atoms with van der Waals surface area (Å²) in [5.41, 5.74) is 3.58. The van der Waals surface area contributed by atoms with Crippen molar-refractivity contribution >= 4 is 11.4 Å². The third-order valence-electron chi connectivity index (χ3n) is 9.52. The molecule has 0 radical (unpaired) electrons. The van der Waals surface area contributed by atoms with Crippen LogP contribution < -0.4 is 0 Å². The second kappa shape index (κ2) is 6.03. The van der Waals surface area contributed by atoms with Gasteiger partial charge in [-0.3, -0.25) is 9.78 Å². The van der Waals surface area contributed by atoms with E-state index >= 15 is 0 Å². The van der Waals surface area contributed by atoms with Gasteiger partial charge in [0.15, 0.2) is 0 Å². The lowest BCUT2D eigenvalue weighted by atomic mass is 9.43. The van der Waals surface area contributed by atoms with E-state index < -0.39 is 0 Å². The Kier molecular flexibility index (Phi) is 3.94. The van der Waals surface area contributed by atoms with E-state index in [-0.39, 0.29) is 5.92 Å². The maximum atomic E-state index is 12.4. The van der Waals surface area contributed by atoms with Crippen molar-refractivity contribution in [3.8, 4) is 0 Å². The maximum Gasteiger partial charge on any atom is 0.136 e. The summed E-state index contributed by atoms with van der Waals surface area (Å²) in [5, 5.41) is 0. The zero-order chi connectivity index (χ0) is 18.8. The number of hydrogen-bond donors (Lipinski definition) is 0. The Morgan fingerprint density at radius 2 is 1.93 bits per heavy atom. The molecule has 2 heteroatoms. The van der Waals surface area contributed by atoms with Crippen molar-refractivity contribution < 1.29 is 4.79 Å². The molecule has 5 rings (SSSR count). The van der Waals surface area contributed by atoms with E-state index in [1.165, 1.54) is 37.7 Å². The van der Waals surface area contributed by atoms with Crippen molar-refractivity contribution in [3.05, 3.63) is 36.2 Å². The molecule has 0 bridgehead atoms. The van der Waals surface area contributed by atoms with Gasteiger partial charge in [-0.1, -0.05) is 32.9 Å². The fraction of sp³-hybridized carbons (Fsp3) is 0.680. The number of aromatic nitrogens is 1. The normalized spacial score (nSPS) is 46.3. The minimum absolute atomic E-state index is 0.283. The number of hydrogen-bond acceptors (Lipinski definition) is 2. The Hall–Kier alpha value is -1.44. The van der Waals surface area contributed by atoms with Crippen molar-refractivity contribution in [1.29, 1.82) is 0 Å². The number of carbonyl (C=O) groups excluding carboxylic acids is 1. The number of nitrogens with zero attached hydrogens (tertiary/aromatic N) is 1. The molecule has 0 amide bonds. The van der Waals surface area contributed by atoms with Crippen molar-refractivity contribution in [3.63, 3.8) is 0 Å². The van der Waals surface area contributed by atoms with Gasteiger partial charge in [-0.25, -0.2) is 0 Å². The molecule has 0 aliphatic heterocycles. The molecule has 3 fully saturated rings. The van der Waals surface area contributed by atoms with Crippen LogP contribution in [-0.4, -0.2) is 10.8 Å². The highest BCUT2D eigenvalue weighted by atomic mass is 16.1. The van der Waals surface area contributed by atoms with Crippen molar-refractivity contribution in [2.75, 3.05) is 0 Å². The maximum absolute atomic E-state index is 12.4. The summed E-state index contributed by atoms with van der Waals surface area (Å²) >= 11 is 0. The van der Waals surface area contributed by atoms with Gasteiger partial charge in [0.2, 0.25) is 0 Å². The van der Waals surface area contributed by atoms with Crippen LogP contribution in [-0.2, 0) is 4.79 Å². The van der Waals surface area contributed by atoms with Gasteiger partial charge in [-0.05, 0) is 90.2 Å². The van der Waals surface area contributed by atoms with Gasteiger partial charge < -0.3 is 0 Å². The molecule has 3 saturated carbocycles. The molecule has 4 aliphatic rings. The number of pyridine rings is 1. The van der Waals surface area contributed by atoms with Crippen LogP contribution in [0, 0.1) is 40.4 Å². The second-order valence-electron chi connectivity index (χ2n) is 10.4. The fourth-order valence-electron chi connectivity index (χ4n) is 8.06. The highest BCUT2D eigenvalue weighted by Crippen LogP contribution is 2.67. The second-order valence-corrected chi connectivity index (χ2v) is 10.4. The predicted molar refractivity (Wildman–Crippen MR) is 109 cm³/mol. The van der Waals surface area contributed by atoms with Crippen molar-refractivity contribution in [2.45, 2.75) is 65.7 Å². The first-order valence-corrected chi connectivity index (χ1v) is 11.1. The van der Waals surface area contributed by atoms with Gasteiger partial charge in [0, 0.05) is 24.7 Å². The van der Waals surface area contributed by atoms with E-state index in [1.54, 1.807) is 5.57 Å². The van der Waals surface area contributed by atoms with Crippen molar-refractivity contribution in [2.24, 2.45) is 40.4 Å². The van der Waals surface area contributed by atoms with Crippen molar-refractivity contribution in [1.82, 2.24) is 4.98 Å². The first-order valence-electron chi connectivity index (χ1n) is 11.1. The first-order chi connectivity index (χ1) is 12.9. The molecule has 5 unspecified atom stereocenters. The topological polar surface area (TPSA) is 30.0 Å². The Balaban J connectivity index is 1.46. The van der Waals surface area contributed by atoms with Gasteiger partial charge in [0.05, 0.1) is 0 Å². The average molecular weight is 364 g/mol. The third-order valence-corrected chi connectivity index (χ3v) is 9.52. The number of fused-ring (bicyclic) bond motifs is 5. The molecule has 27 heavy (non-hydrogen) atoms. The van der Waals surface area contributed by atoms with E-state index in [0.717, 1.165) is 30.6 Å². The summed E-state index contributed by atoms with van der Waals surface area (Å²) in [6, 6.07) is 4.32. The van der Waals surface area contributed by atoms with E-state index in [0.29, 0.717) is 22.5 Å². The van der Waals surface area contributed by atoms with E-state index in [9.17, 15) is 4.79 Å². The van der Waals surface area contributed by atoms with Crippen LogP contribution in [0.5, 0.6) is 0 Å². The Morgan fingerprint density at radius 1 is 1.07 bits per heavy atom. The first kappa shape index (κ1) is 17.6. The van der Waals surface area contributed by atoms with Crippen LogP contribution in [0.2, 0.25) is 0 Å². The summed E-state index contributed by atoms with van der Waals surface area (Å²) in [6.07, 6.45) is 14.9. The monoisotopic (exact) mass is 363 g/mol. The Labute approximate surface area is 163 Å². The molecule has 7 atom stereocenters. The SMILES string of the molecule is CC1C(=O)CC[C@@]2(C)C1CCC1C2CC[C@]2(C)C(c3cccnc3)=CCC12. The van der Waals surface area contributed by atoms with Gasteiger partial charge in [0.1, 0.15) is 5.78 Å². The van der Waals surface area contributed by atoms with Gasteiger partial charge in [-0.15, -0.1) is 0 Å². The van der Waals surface area contributed by atoms with E-state index in [1.807, 2.05) is 6.20 Å². The molecular formula is C25H33NO. The summed E-state index contributed by atoms with van der Waals surface area (Å²) in [6.45, 7) is 7.29. The van der Waals surface area contributed by atoms with Crippen LogP contribution in [0.1, 0.15) is 71.3 Å². The van der Waals surface area contributed by atoms with Gasteiger partial charge >= 0.3 is 0 Å². The zero-order valence-corrected chi connectivity index (χ0v) is 17.1. The highest BCUT2D eigenvalue weighted by molar-refractivity contribution is 5.82. The quantitative estimate of drug-likeness (QED) is 0.619. The number of Topliss-reactive ketones (excluding diaryl/α,β-unsaturated/α-hetero) is 1. The number of carbonyl (C=O) groups is 1. The number of ketones is 1. The fourth-order valence-corrected chi connectivity index (χ4v) is 8.06. The molecule has 4 aliphatic carbocycles. The minimum Gasteiger partial charge on any atom is -0.299 e. The lowest BCUT2D eigenvalue weighted by Gasteiger charge is -2.61. The summed E-state index contributed by atoms with van der Waals surface area (Å²) in [4.78, 5) is 16.8. The Morgan fingerprint density at radius 3 is 2.70 bits per heavy atom. The van der Waals surface area contributed by atoms with Crippen LogP contribution in [0.4, 0.5) is 0 Å². The lowest BCUT2D eigenvalue weighted by Crippen LogP contribution is -2.55. The molecular weight excluding hydrogens is 330 g/mol. The highest BCUT2D eigenvalue weighted by Gasteiger charge is 2.59. The van der Waals surface area contributed by atoms with Crippen LogP contribution in [0.15, 0.2) is 30.6 Å². The molecule has 1 aromatic rings. The standard InChI is InChI=1S/C25H33NO/c1-16-19-7-6-18-21-9-8-20(17-5-4-14-26-15-17)25(21,3)12-10-22(18)24(19,2)13-11-23(16)27/h4-5,8,14-16,18-19,21-22H,6-7,9-13H2,1-3H3/t16?,18?,19?,21?,22?,24-,25+/m0/s1. The molecule has 0 N–H and O–H groups in total. The molecule has 0 saturated heterocycles. The van der Waals surface area contributed by atoms with Gasteiger partial charge in [-0.2, -0.15) is 0 Å². The smallest absolute Gasteiger partial charge is 0.136 e.